The van der Waals surface area contributed by atoms with Crippen LogP contribution in [0.2, 0.25) is 0 Å². The second kappa shape index (κ2) is 7.59. The van der Waals surface area contributed by atoms with Crippen molar-refractivity contribution in [3.63, 3.8) is 0 Å². The molecule has 1 N–H and O–H groups in total. The van der Waals surface area contributed by atoms with E-state index in [1.807, 2.05) is 20.8 Å². The maximum atomic E-state index is 10.8. The molecule has 0 unspecified atom stereocenters. The van der Waals surface area contributed by atoms with E-state index in [1.54, 1.807) is 0 Å². The fourth-order valence-electron chi connectivity index (χ4n) is 0.475. The van der Waals surface area contributed by atoms with Gasteiger partial charge in [-0.15, -0.1) is 0 Å². The van der Waals surface area contributed by atoms with Gasteiger partial charge in [0.2, 0.25) is 0 Å². The van der Waals surface area contributed by atoms with Crippen molar-refractivity contribution in [2.24, 2.45) is 5.41 Å². The van der Waals surface area contributed by atoms with E-state index in [9.17, 15) is 9.59 Å². The first kappa shape index (κ1) is 16.7. The van der Waals surface area contributed by atoms with Gasteiger partial charge in [0.25, 0.3) is 0 Å². The molecule has 5 heteroatoms. The molecule has 0 bridgehead atoms. The topological polar surface area (TPSA) is 63.6 Å². The fourth-order valence-corrected chi connectivity index (χ4v) is 0.475. The molecule has 0 saturated carbocycles. The third kappa shape index (κ3) is 12.3. The molecule has 0 saturated heterocycles. The Morgan fingerprint density at radius 3 is 2.14 bits per heavy atom. The summed E-state index contributed by atoms with van der Waals surface area (Å²) in [4.78, 5) is 20.8. The minimum atomic E-state index is -1.16. The van der Waals surface area contributed by atoms with Gasteiger partial charge < -0.3 is 9.84 Å². The Balaban J connectivity index is 0. The van der Waals surface area contributed by atoms with Crippen LogP contribution in [0.25, 0.3) is 0 Å². The molecule has 4 nitrogen and oxygen atoms in total. The number of carbonyl (C=O) groups excluding carboxylic acids is 1. The molecule has 0 aromatic rings. The standard InChI is InChI=1S/C9H14O4.K.H/c1-9(2,3)6-13-8(12)5-4-7(10)11;;/h4-5H,6H2,1-3H3,(H,10,11);;/b5-4-;;. The summed E-state index contributed by atoms with van der Waals surface area (Å²) in [5, 5.41) is 8.20. The zero-order valence-electron chi connectivity index (χ0n) is 8.03. The van der Waals surface area contributed by atoms with Crippen LogP contribution < -0.4 is 0 Å². The summed E-state index contributed by atoms with van der Waals surface area (Å²) in [7, 11) is 0. The molecule has 0 spiro atoms. The molecule has 0 aliphatic carbocycles. The Bertz CT molecular complexity index is 227. The zero-order chi connectivity index (χ0) is 10.5. The number of aliphatic carboxylic acids is 1. The minimum absolute atomic E-state index is 0. The van der Waals surface area contributed by atoms with Gasteiger partial charge in [0.05, 0.1) is 6.61 Å². The van der Waals surface area contributed by atoms with Crippen LogP contribution in [-0.4, -0.2) is 75.0 Å². The molecule has 76 valence electrons. The van der Waals surface area contributed by atoms with Gasteiger partial charge in [0, 0.05) is 12.2 Å². The van der Waals surface area contributed by atoms with Crippen molar-refractivity contribution in [3.8, 4) is 0 Å². The average Bonchev–Trinajstić information content (AvgIpc) is 1.95. The molecule has 0 rings (SSSR count). The van der Waals surface area contributed by atoms with Crippen molar-refractivity contribution in [2.75, 3.05) is 6.61 Å². The number of carboxylic acid groups (broad SMARTS) is 1. The quantitative estimate of drug-likeness (QED) is 0.434. The van der Waals surface area contributed by atoms with E-state index < -0.39 is 11.9 Å². The van der Waals surface area contributed by atoms with Crippen LogP contribution in [0.1, 0.15) is 20.8 Å². The van der Waals surface area contributed by atoms with Crippen molar-refractivity contribution in [1.29, 1.82) is 0 Å². The van der Waals surface area contributed by atoms with E-state index in [-0.39, 0.29) is 63.4 Å². The average molecular weight is 226 g/mol. The van der Waals surface area contributed by atoms with E-state index in [0.29, 0.717) is 0 Å². The van der Waals surface area contributed by atoms with E-state index >= 15 is 0 Å². The summed E-state index contributed by atoms with van der Waals surface area (Å²) in [6, 6.07) is 0. The first-order chi connectivity index (χ1) is 5.81. The number of hydrogen-bond donors (Lipinski definition) is 1. The van der Waals surface area contributed by atoms with Crippen molar-refractivity contribution in [2.45, 2.75) is 20.8 Å². The normalized spacial score (nSPS) is 10.8. The molecule has 0 amide bonds. The van der Waals surface area contributed by atoms with E-state index in [0.717, 1.165) is 12.2 Å². The molecule has 0 aliphatic rings. The molecule has 0 fully saturated rings. The van der Waals surface area contributed by atoms with E-state index in [2.05, 4.69) is 0 Å². The van der Waals surface area contributed by atoms with Crippen LogP contribution in [0.5, 0.6) is 0 Å². The van der Waals surface area contributed by atoms with Crippen molar-refractivity contribution in [1.82, 2.24) is 0 Å². The van der Waals surface area contributed by atoms with Crippen LogP contribution in [-0.2, 0) is 14.3 Å². The maximum absolute atomic E-state index is 10.8. The van der Waals surface area contributed by atoms with Crippen LogP contribution in [0.3, 0.4) is 0 Å². The van der Waals surface area contributed by atoms with Crippen LogP contribution in [0.15, 0.2) is 12.2 Å². The summed E-state index contributed by atoms with van der Waals surface area (Å²) in [6.07, 6.45) is 1.65. The summed E-state index contributed by atoms with van der Waals surface area (Å²) in [6.45, 7) is 6.03. The summed E-state index contributed by atoms with van der Waals surface area (Å²) in [5.74, 6) is -1.79. The predicted octanol–water partition coefficient (Wildman–Crippen LogP) is 0.568. The molecular formula is C9H15KO4. The third-order valence-corrected chi connectivity index (χ3v) is 1.01. The van der Waals surface area contributed by atoms with Crippen molar-refractivity contribution in [3.05, 3.63) is 12.2 Å². The molecule has 0 atom stereocenters. The second-order valence-electron chi connectivity index (χ2n) is 3.84. The molecule has 14 heavy (non-hydrogen) atoms. The Morgan fingerprint density at radius 2 is 1.79 bits per heavy atom. The van der Waals surface area contributed by atoms with Gasteiger partial charge in [-0.3, -0.25) is 0 Å². The van der Waals surface area contributed by atoms with Crippen LogP contribution in [0.4, 0.5) is 0 Å². The number of hydrogen-bond acceptors (Lipinski definition) is 3. The Labute approximate surface area is 126 Å². The number of carboxylic acids is 1. The van der Waals surface area contributed by atoms with Gasteiger partial charge in [-0.2, -0.15) is 0 Å². The second-order valence-corrected chi connectivity index (χ2v) is 3.84. The molecule has 0 heterocycles. The summed E-state index contributed by atoms with van der Waals surface area (Å²) < 4.78 is 4.77. The van der Waals surface area contributed by atoms with Crippen molar-refractivity contribution < 1.29 is 19.4 Å². The molecule has 0 radical (unpaired) electrons. The van der Waals surface area contributed by atoms with Crippen LogP contribution in [0, 0.1) is 5.41 Å². The molecule has 0 aliphatic heterocycles. The SMILES string of the molecule is CC(C)(C)COC(=O)/C=C\C(=O)O.[KH]. The van der Waals surface area contributed by atoms with Gasteiger partial charge in [-0.1, -0.05) is 20.8 Å². The monoisotopic (exact) mass is 226 g/mol. The fraction of sp³-hybridized carbons (Fsp3) is 0.556. The van der Waals surface area contributed by atoms with Crippen molar-refractivity contribution >= 4 is 63.3 Å². The van der Waals surface area contributed by atoms with Gasteiger partial charge in [0.15, 0.2) is 0 Å². The third-order valence-electron chi connectivity index (χ3n) is 1.01. The Kier molecular flexibility index (Phi) is 9.07. The molecule has 0 aromatic heterocycles. The summed E-state index contributed by atoms with van der Waals surface area (Å²) >= 11 is 0. The summed E-state index contributed by atoms with van der Waals surface area (Å²) in [5.41, 5.74) is -0.104. The van der Waals surface area contributed by atoms with E-state index in [4.69, 9.17) is 9.84 Å². The van der Waals surface area contributed by atoms with E-state index in [1.165, 1.54) is 0 Å². The molecule has 0 aromatic carbocycles. The number of esters is 1. The van der Waals surface area contributed by atoms with Crippen LogP contribution >= 0.6 is 0 Å². The van der Waals surface area contributed by atoms with Gasteiger partial charge >= 0.3 is 63.3 Å². The first-order valence-corrected chi connectivity index (χ1v) is 3.89. The predicted molar refractivity (Wildman–Crippen MR) is 54.3 cm³/mol. The Morgan fingerprint density at radius 1 is 1.29 bits per heavy atom. The van der Waals surface area contributed by atoms with Gasteiger partial charge in [0.1, 0.15) is 0 Å². The number of carbonyl (C=O) groups is 2. The first-order valence-electron chi connectivity index (χ1n) is 3.89. The number of ether oxygens (including phenoxy) is 1. The van der Waals surface area contributed by atoms with Gasteiger partial charge in [-0.05, 0) is 5.41 Å². The van der Waals surface area contributed by atoms with Gasteiger partial charge in [-0.25, -0.2) is 9.59 Å². The zero-order valence-corrected chi connectivity index (χ0v) is 8.03. The Hall–Kier alpha value is 0.316. The number of rotatable bonds is 3. The molecular weight excluding hydrogens is 211 g/mol.